The van der Waals surface area contributed by atoms with Crippen molar-refractivity contribution in [2.45, 2.75) is 22.8 Å². The number of nitrogens with one attached hydrogen (secondary N) is 1. The van der Waals surface area contributed by atoms with Crippen molar-refractivity contribution in [3.8, 4) is 0 Å². The molecule has 11 heteroatoms. The van der Waals surface area contributed by atoms with Gasteiger partial charge in [0.05, 0.1) is 4.90 Å². The molecule has 0 heterocycles. The second-order valence-corrected chi connectivity index (χ2v) is 8.08. The van der Waals surface area contributed by atoms with Gasteiger partial charge < -0.3 is 5.11 Å². The van der Waals surface area contributed by atoms with Gasteiger partial charge in [0, 0.05) is 11.3 Å². The SMILES string of the molecule is O=S(=O)(Nc1ccc(C(O)(C(F)(F)F)C(F)(F)F)cc1)c1ccc2ccccc2c1. The van der Waals surface area contributed by atoms with E-state index < -0.39 is 33.5 Å². The van der Waals surface area contributed by atoms with Crippen LogP contribution in [0.25, 0.3) is 10.8 Å². The fourth-order valence-corrected chi connectivity index (χ4v) is 3.91. The summed E-state index contributed by atoms with van der Waals surface area (Å²) in [5.41, 5.74) is -6.86. The number of halogens is 6. The Kier molecular flexibility index (Phi) is 5.23. The summed E-state index contributed by atoms with van der Waals surface area (Å²) in [5.74, 6) is 0. The number of hydrogen-bond acceptors (Lipinski definition) is 3. The van der Waals surface area contributed by atoms with Crippen molar-refractivity contribution < 1.29 is 39.9 Å². The molecule has 0 saturated heterocycles. The average Bonchev–Trinajstić information content (AvgIpc) is 2.65. The molecular weight excluding hydrogens is 436 g/mol. The predicted octanol–water partition coefficient (Wildman–Crippen LogP) is 4.95. The van der Waals surface area contributed by atoms with E-state index in [-0.39, 0.29) is 10.6 Å². The molecule has 0 aliphatic carbocycles. The largest absolute Gasteiger partial charge is 0.430 e. The summed E-state index contributed by atoms with van der Waals surface area (Å²) in [6.45, 7) is 0. The summed E-state index contributed by atoms with van der Waals surface area (Å²) in [4.78, 5) is -0.146. The quantitative estimate of drug-likeness (QED) is 0.554. The summed E-state index contributed by atoms with van der Waals surface area (Å²) in [5, 5.41) is 10.8. The van der Waals surface area contributed by atoms with E-state index >= 15 is 0 Å². The van der Waals surface area contributed by atoms with E-state index in [1.165, 1.54) is 12.1 Å². The summed E-state index contributed by atoms with van der Waals surface area (Å²) in [7, 11) is -4.17. The maximum Gasteiger partial charge on any atom is 0.430 e. The molecule has 30 heavy (non-hydrogen) atoms. The van der Waals surface area contributed by atoms with Crippen molar-refractivity contribution in [2.24, 2.45) is 0 Å². The minimum absolute atomic E-state index is 0.146. The lowest BCUT2D eigenvalue weighted by Crippen LogP contribution is -2.53. The standard InChI is InChI=1S/C19H13F6NO3S/c20-18(21,22)17(27,19(23,24)25)14-6-8-15(9-7-14)26-30(28,29)16-10-5-12-3-1-2-4-13(12)11-16/h1-11,26-27H. The Labute approximate surface area is 166 Å². The number of benzene rings is 3. The number of aliphatic hydroxyl groups is 1. The van der Waals surface area contributed by atoms with E-state index in [0.29, 0.717) is 29.7 Å². The average molecular weight is 449 g/mol. The van der Waals surface area contributed by atoms with Crippen molar-refractivity contribution in [1.29, 1.82) is 0 Å². The van der Waals surface area contributed by atoms with Gasteiger partial charge in [-0.05, 0) is 35.0 Å². The molecule has 160 valence electrons. The molecule has 0 amide bonds. The van der Waals surface area contributed by atoms with Crippen LogP contribution in [0.3, 0.4) is 0 Å². The topological polar surface area (TPSA) is 66.4 Å². The van der Waals surface area contributed by atoms with Crippen LogP contribution in [0, 0.1) is 0 Å². The van der Waals surface area contributed by atoms with E-state index in [1.807, 2.05) is 0 Å². The van der Waals surface area contributed by atoms with E-state index in [2.05, 4.69) is 4.72 Å². The molecule has 3 aromatic rings. The van der Waals surface area contributed by atoms with Crippen molar-refractivity contribution in [3.05, 3.63) is 72.3 Å². The normalized spacial score (nSPS) is 13.4. The highest BCUT2D eigenvalue weighted by molar-refractivity contribution is 7.92. The van der Waals surface area contributed by atoms with Gasteiger partial charge in [-0.1, -0.05) is 42.5 Å². The molecular formula is C19H13F6NO3S. The Morgan fingerprint density at radius 1 is 0.733 bits per heavy atom. The smallest absolute Gasteiger partial charge is 0.369 e. The van der Waals surface area contributed by atoms with Gasteiger partial charge in [-0.25, -0.2) is 8.42 Å². The third kappa shape index (κ3) is 3.82. The van der Waals surface area contributed by atoms with Crippen LogP contribution in [0.2, 0.25) is 0 Å². The number of rotatable bonds is 4. The second kappa shape index (κ2) is 7.17. The summed E-state index contributed by atoms with van der Waals surface area (Å²) < 4.78 is 105. The number of alkyl halides is 6. The van der Waals surface area contributed by atoms with Crippen LogP contribution in [-0.2, 0) is 15.6 Å². The van der Waals surface area contributed by atoms with Crippen LogP contribution in [0.1, 0.15) is 5.56 Å². The zero-order valence-electron chi connectivity index (χ0n) is 14.8. The van der Waals surface area contributed by atoms with Gasteiger partial charge in [-0.15, -0.1) is 0 Å². The highest BCUT2D eigenvalue weighted by Crippen LogP contribution is 2.50. The van der Waals surface area contributed by atoms with Gasteiger partial charge in [0.25, 0.3) is 15.6 Å². The van der Waals surface area contributed by atoms with Crippen LogP contribution in [0.15, 0.2) is 71.6 Å². The summed E-state index contributed by atoms with van der Waals surface area (Å²) in [6.07, 6.45) is -12.1. The molecule has 0 aliphatic rings. The first kappa shape index (κ1) is 21.9. The molecule has 0 radical (unpaired) electrons. The van der Waals surface area contributed by atoms with Crippen LogP contribution >= 0.6 is 0 Å². The first-order valence-electron chi connectivity index (χ1n) is 8.24. The van der Waals surface area contributed by atoms with Crippen molar-refractivity contribution in [3.63, 3.8) is 0 Å². The maximum atomic E-state index is 12.9. The number of sulfonamides is 1. The Balaban J connectivity index is 1.92. The summed E-state index contributed by atoms with van der Waals surface area (Å²) in [6, 6.07) is 13.3. The molecule has 0 atom stereocenters. The van der Waals surface area contributed by atoms with Gasteiger partial charge >= 0.3 is 12.4 Å². The predicted molar refractivity (Wildman–Crippen MR) is 97.2 cm³/mol. The minimum atomic E-state index is -6.03. The molecule has 0 bridgehead atoms. The molecule has 4 nitrogen and oxygen atoms in total. The second-order valence-electron chi connectivity index (χ2n) is 6.40. The molecule has 3 aromatic carbocycles. The van der Waals surface area contributed by atoms with Crippen LogP contribution in [-0.4, -0.2) is 25.9 Å². The maximum absolute atomic E-state index is 12.9. The number of fused-ring (bicyclic) bond motifs is 1. The lowest BCUT2D eigenvalue weighted by Gasteiger charge is -2.32. The lowest BCUT2D eigenvalue weighted by molar-refractivity contribution is -0.376. The minimum Gasteiger partial charge on any atom is -0.369 e. The molecule has 0 unspecified atom stereocenters. The third-order valence-corrected chi connectivity index (χ3v) is 5.79. The first-order chi connectivity index (χ1) is 13.8. The third-order valence-electron chi connectivity index (χ3n) is 4.41. The van der Waals surface area contributed by atoms with Gasteiger partial charge in [0.1, 0.15) is 0 Å². The Morgan fingerprint density at radius 2 is 1.27 bits per heavy atom. The van der Waals surface area contributed by atoms with Crippen molar-refractivity contribution in [1.82, 2.24) is 0 Å². The highest BCUT2D eigenvalue weighted by Gasteiger charge is 2.71. The van der Waals surface area contributed by atoms with Crippen LogP contribution < -0.4 is 4.72 Å². The van der Waals surface area contributed by atoms with E-state index in [9.17, 15) is 39.9 Å². The molecule has 3 rings (SSSR count). The molecule has 0 fully saturated rings. The fraction of sp³-hybridized carbons (Fsp3) is 0.158. The highest BCUT2D eigenvalue weighted by atomic mass is 32.2. The van der Waals surface area contributed by atoms with Crippen LogP contribution in [0.4, 0.5) is 32.0 Å². The Hall–Kier alpha value is -2.79. The van der Waals surface area contributed by atoms with E-state index in [4.69, 9.17) is 0 Å². The first-order valence-corrected chi connectivity index (χ1v) is 9.72. The molecule has 2 N–H and O–H groups in total. The molecule has 0 spiro atoms. The zero-order chi connectivity index (χ0) is 22.4. The van der Waals surface area contributed by atoms with Gasteiger partial charge in [-0.3, -0.25) is 4.72 Å². The van der Waals surface area contributed by atoms with E-state index in [0.717, 1.165) is 5.39 Å². The Bertz CT molecular complexity index is 1160. The fourth-order valence-electron chi connectivity index (χ4n) is 2.82. The van der Waals surface area contributed by atoms with Gasteiger partial charge in [0.2, 0.25) is 0 Å². The van der Waals surface area contributed by atoms with Crippen molar-refractivity contribution in [2.75, 3.05) is 4.72 Å². The van der Waals surface area contributed by atoms with Gasteiger partial charge in [-0.2, -0.15) is 26.3 Å². The monoisotopic (exact) mass is 449 g/mol. The van der Waals surface area contributed by atoms with Crippen LogP contribution in [0.5, 0.6) is 0 Å². The molecule has 0 aromatic heterocycles. The zero-order valence-corrected chi connectivity index (χ0v) is 15.6. The summed E-state index contributed by atoms with van der Waals surface area (Å²) >= 11 is 0. The van der Waals surface area contributed by atoms with E-state index in [1.54, 1.807) is 30.3 Å². The molecule has 0 saturated carbocycles. The molecule has 0 aliphatic heterocycles. The number of hydrogen-bond donors (Lipinski definition) is 2. The van der Waals surface area contributed by atoms with Crippen molar-refractivity contribution >= 4 is 26.5 Å². The number of anilines is 1. The Morgan fingerprint density at radius 3 is 1.80 bits per heavy atom. The lowest BCUT2D eigenvalue weighted by atomic mass is 9.92. The van der Waals surface area contributed by atoms with Gasteiger partial charge in [0.15, 0.2) is 0 Å².